The summed E-state index contributed by atoms with van der Waals surface area (Å²) in [7, 11) is 0. The normalized spacial score (nSPS) is 14.3. The summed E-state index contributed by atoms with van der Waals surface area (Å²) >= 11 is 1.51. The third-order valence-corrected chi connectivity index (χ3v) is 4.69. The van der Waals surface area contributed by atoms with Crippen molar-refractivity contribution in [3.05, 3.63) is 29.0 Å². The first kappa shape index (κ1) is 16.3. The smallest absolute Gasteiger partial charge is 0.254 e. The largest absolute Gasteiger partial charge is 0.352 e. The second-order valence-electron chi connectivity index (χ2n) is 5.54. The zero-order valence-electron chi connectivity index (χ0n) is 13.4. The predicted molar refractivity (Wildman–Crippen MR) is 91.2 cm³/mol. The Bertz CT molecular complexity index is 794. The van der Waals surface area contributed by atoms with Crippen LogP contribution in [0.2, 0.25) is 0 Å². The molecule has 0 aliphatic carbocycles. The minimum absolute atomic E-state index is 0.165. The molecule has 0 fully saturated rings. The van der Waals surface area contributed by atoms with E-state index < -0.39 is 0 Å². The van der Waals surface area contributed by atoms with Gasteiger partial charge in [0.1, 0.15) is 0 Å². The minimum atomic E-state index is -0.374. The molecule has 0 saturated heterocycles. The summed E-state index contributed by atoms with van der Waals surface area (Å²) in [6, 6.07) is 0. The SMILES string of the molecule is C#CCCC1(CCNC(=O)c2cnn(-c3nc(CC)cs3)c2)N=N1. The van der Waals surface area contributed by atoms with Crippen LogP contribution >= 0.6 is 11.3 Å². The van der Waals surface area contributed by atoms with E-state index in [-0.39, 0.29) is 11.6 Å². The van der Waals surface area contributed by atoms with Gasteiger partial charge in [-0.2, -0.15) is 15.3 Å². The number of hydrogen-bond acceptors (Lipinski definition) is 6. The lowest BCUT2D eigenvalue weighted by molar-refractivity contribution is 0.0952. The van der Waals surface area contributed by atoms with E-state index in [4.69, 9.17) is 6.42 Å². The van der Waals surface area contributed by atoms with Crippen LogP contribution in [-0.4, -0.2) is 32.9 Å². The highest BCUT2D eigenvalue weighted by atomic mass is 32.1. The fraction of sp³-hybridized carbons (Fsp3) is 0.438. The Labute approximate surface area is 144 Å². The number of amides is 1. The molecule has 0 spiro atoms. The topological polar surface area (TPSA) is 84.5 Å². The summed E-state index contributed by atoms with van der Waals surface area (Å²) < 4.78 is 1.62. The predicted octanol–water partition coefficient (Wildman–Crippen LogP) is 2.59. The Morgan fingerprint density at radius 1 is 1.46 bits per heavy atom. The van der Waals surface area contributed by atoms with Crippen molar-refractivity contribution in [3.8, 4) is 17.5 Å². The van der Waals surface area contributed by atoms with Crippen LogP contribution in [0, 0.1) is 12.3 Å². The van der Waals surface area contributed by atoms with Crippen molar-refractivity contribution < 1.29 is 4.79 Å². The van der Waals surface area contributed by atoms with E-state index >= 15 is 0 Å². The lowest BCUT2D eigenvalue weighted by Crippen LogP contribution is -2.28. The molecular formula is C16H18N6OS. The van der Waals surface area contributed by atoms with E-state index in [9.17, 15) is 4.79 Å². The van der Waals surface area contributed by atoms with Crippen LogP contribution in [0.3, 0.4) is 0 Å². The maximum atomic E-state index is 12.2. The van der Waals surface area contributed by atoms with Gasteiger partial charge in [0.2, 0.25) is 5.13 Å². The molecule has 8 heteroatoms. The summed E-state index contributed by atoms with van der Waals surface area (Å²) in [5.74, 6) is 2.42. The fourth-order valence-corrected chi connectivity index (χ4v) is 3.09. The van der Waals surface area contributed by atoms with Gasteiger partial charge in [-0.25, -0.2) is 9.67 Å². The molecule has 2 aromatic heterocycles. The summed E-state index contributed by atoms with van der Waals surface area (Å²) in [5.41, 5.74) is 1.15. The van der Waals surface area contributed by atoms with Crippen molar-refractivity contribution in [3.63, 3.8) is 0 Å². The fourth-order valence-electron chi connectivity index (χ4n) is 2.25. The van der Waals surface area contributed by atoms with Gasteiger partial charge >= 0.3 is 0 Å². The highest BCUT2D eigenvalue weighted by Gasteiger charge is 2.38. The molecule has 1 aliphatic heterocycles. The van der Waals surface area contributed by atoms with E-state index in [0.29, 0.717) is 24.9 Å². The number of hydrogen-bond donors (Lipinski definition) is 1. The molecular weight excluding hydrogens is 324 g/mol. The van der Waals surface area contributed by atoms with Crippen molar-refractivity contribution in [2.24, 2.45) is 10.2 Å². The van der Waals surface area contributed by atoms with Crippen LogP contribution in [0.25, 0.3) is 5.13 Å². The summed E-state index contributed by atoms with van der Waals surface area (Å²) in [4.78, 5) is 16.6. The number of thiazole rings is 1. The molecule has 0 unspecified atom stereocenters. The molecule has 3 rings (SSSR count). The highest BCUT2D eigenvalue weighted by Crippen LogP contribution is 2.36. The Kier molecular flexibility index (Phi) is 4.71. The molecule has 0 bridgehead atoms. The second-order valence-corrected chi connectivity index (χ2v) is 6.38. The third kappa shape index (κ3) is 3.68. The highest BCUT2D eigenvalue weighted by molar-refractivity contribution is 7.12. The van der Waals surface area contributed by atoms with Gasteiger partial charge in [0.25, 0.3) is 5.91 Å². The first-order valence-electron chi connectivity index (χ1n) is 7.81. The van der Waals surface area contributed by atoms with E-state index in [0.717, 1.165) is 23.7 Å². The lowest BCUT2D eigenvalue weighted by Gasteiger charge is -2.09. The van der Waals surface area contributed by atoms with Crippen molar-refractivity contribution >= 4 is 17.2 Å². The number of aryl methyl sites for hydroxylation is 1. The van der Waals surface area contributed by atoms with Gasteiger partial charge in [-0.05, 0) is 6.42 Å². The lowest BCUT2D eigenvalue weighted by atomic mass is 10.0. The number of nitrogens with zero attached hydrogens (tertiary/aromatic N) is 5. The molecule has 0 radical (unpaired) electrons. The number of carbonyl (C=O) groups excluding carboxylic acids is 1. The Hall–Kier alpha value is -2.53. The Morgan fingerprint density at radius 3 is 2.96 bits per heavy atom. The molecule has 124 valence electrons. The van der Waals surface area contributed by atoms with E-state index in [1.165, 1.54) is 11.3 Å². The van der Waals surface area contributed by atoms with Crippen LogP contribution in [0.15, 0.2) is 28.0 Å². The van der Waals surface area contributed by atoms with Crippen LogP contribution in [0.1, 0.15) is 42.2 Å². The quantitative estimate of drug-likeness (QED) is 0.748. The molecule has 24 heavy (non-hydrogen) atoms. The summed E-state index contributed by atoms with van der Waals surface area (Å²) in [6.07, 6.45) is 11.4. The number of aromatic nitrogens is 3. The van der Waals surface area contributed by atoms with Gasteiger partial charge in [0.15, 0.2) is 5.66 Å². The van der Waals surface area contributed by atoms with Crippen molar-refractivity contribution in [2.45, 2.75) is 38.3 Å². The van der Waals surface area contributed by atoms with E-state index in [2.05, 4.69) is 38.5 Å². The van der Waals surface area contributed by atoms with Gasteiger partial charge in [0.05, 0.1) is 17.5 Å². The molecule has 0 saturated carbocycles. The average molecular weight is 342 g/mol. The third-order valence-electron chi connectivity index (χ3n) is 3.81. The zero-order chi connectivity index (χ0) is 17.0. The summed E-state index contributed by atoms with van der Waals surface area (Å²) in [6.45, 7) is 2.55. The maximum absolute atomic E-state index is 12.2. The molecule has 1 N–H and O–H groups in total. The number of terminal acetylenes is 1. The minimum Gasteiger partial charge on any atom is -0.352 e. The zero-order valence-corrected chi connectivity index (χ0v) is 14.2. The molecule has 1 amide bonds. The van der Waals surface area contributed by atoms with Crippen molar-refractivity contribution in [1.82, 2.24) is 20.1 Å². The standard InChI is InChI=1S/C16H18N6OS/c1-3-5-6-16(20-21-16)7-8-17-14(23)12-9-18-22(10-12)15-19-13(4-2)11-24-15/h1,9-11H,4-8H2,2H3,(H,17,23). The number of nitrogens with one attached hydrogen (secondary N) is 1. The molecule has 1 aliphatic rings. The van der Waals surface area contributed by atoms with E-state index in [1.807, 2.05) is 5.38 Å². The molecule has 3 heterocycles. The summed E-state index contributed by atoms with van der Waals surface area (Å²) in [5, 5.41) is 17.9. The van der Waals surface area contributed by atoms with Crippen LogP contribution < -0.4 is 5.32 Å². The number of rotatable bonds is 8. The molecule has 0 aromatic carbocycles. The van der Waals surface area contributed by atoms with Gasteiger partial charge in [-0.3, -0.25) is 4.79 Å². The Morgan fingerprint density at radius 2 is 2.29 bits per heavy atom. The van der Waals surface area contributed by atoms with Crippen LogP contribution in [0.5, 0.6) is 0 Å². The Balaban J connectivity index is 1.52. The maximum Gasteiger partial charge on any atom is 0.254 e. The van der Waals surface area contributed by atoms with E-state index in [1.54, 1.807) is 17.1 Å². The molecule has 7 nitrogen and oxygen atoms in total. The monoisotopic (exact) mass is 342 g/mol. The van der Waals surface area contributed by atoms with Crippen molar-refractivity contribution in [2.75, 3.05) is 6.54 Å². The van der Waals surface area contributed by atoms with Gasteiger partial charge in [0, 0.05) is 37.4 Å². The average Bonchev–Trinajstić information content (AvgIpc) is 3.03. The molecule has 0 atom stereocenters. The van der Waals surface area contributed by atoms with Gasteiger partial charge in [-0.1, -0.05) is 6.92 Å². The molecule has 2 aromatic rings. The number of carbonyl (C=O) groups is 1. The first-order chi connectivity index (χ1) is 11.7. The van der Waals surface area contributed by atoms with Gasteiger partial charge in [-0.15, -0.1) is 23.7 Å². The van der Waals surface area contributed by atoms with Gasteiger partial charge < -0.3 is 5.32 Å². The second kappa shape index (κ2) is 6.93. The van der Waals surface area contributed by atoms with Crippen molar-refractivity contribution in [1.29, 1.82) is 0 Å². The van der Waals surface area contributed by atoms with Crippen LogP contribution in [0.4, 0.5) is 0 Å². The first-order valence-corrected chi connectivity index (χ1v) is 8.69. The van der Waals surface area contributed by atoms with Crippen LogP contribution in [-0.2, 0) is 6.42 Å².